The maximum absolute atomic E-state index is 6.10. The molecule has 0 radical (unpaired) electrons. The highest BCUT2D eigenvalue weighted by molar-refractivity contribution is 6.18. The zero-order valence-electron chi connectivity index (χ0n) is 42.2. The summed E-state index contributed by atoms with van der Waals surface area (Å²) in [5, 5.41) is 15.0. The molecule has 13 rings (SSSR count). The summed E-state index contributed by atoms with van der Waals surface area (Å²) in [5.41, 5.74) is 19.2. The van der Waals surface area contributed by atoms with E-state index in [-0.39, 0.29) is 0 Å². The number of rotatable bonds is 12. The fraction of sp³-hybridized carbons (Fsp3) is 0.235. The molecule has 8 aromatic carbocycles. The number of nitrogens with zero attached hydrogens (tertiary/aromatic N) is 2. The summed E-state index contributed by atoms with van der Waals surface area (Å²) in [5.74, 6) is 0. The number of aromatic amines is 2. The van der Waals surface area contributed by atoms with Crippen molar-refractivity contribution in [3.05, 3.63) is 168 Å². The van der Waals surface area contributed by atoms with E-state index < -0.39 is 0 Å². The van der Waals surface area contributed by atoms with Crippen LogP contribution in [0.15, 0.2) is 146 Å². The highest BCUT2D eigenvalue weighted by Crippen LogP contribution is 2.49. The number of aryl methyl sites for hydroxylation is 4. The van der Waals surface area contributed by atoms with Crippen LogP contribution in [0.4, 0.5) is 0 Å². The van der Waals surface area contributed by atoms with Gasteiger partial charge in [0.25, 0.3) is 0 Å². The predicted octanol–water partition coefficient (Wildman–Crippen LogP) is 19.3. The van der Waals surface area contributed by atoms with E-state index in [1.54, 1.807) is 0 Å². The first-order valence-corrected chi connectivity index (χ1v) is 27.1. The van der Waals surface area contributed by atoms with Crippen molar-refractivity contribution in [2.24, 2.45) is 0 Å². The summed E-state index contributed by atoms with van der Waals surface area (Å²) in [6, 6.07) is 55.2. The normalized spacial score (nSPS) is 12.3. The number of nitrogens with one attached hydrogen (secondary N) is 2. The summed E-state index contributed by atoms with van der Waals surface area (Å²) >= 11 is 0. The second-order valence-electron chi connectivity index (χ2n) is 20.7. The lowest BCUT2D eigenvalue weighted by Gasteiger charge is -2.10. The predicted molar refractivity (Wildman–Crippen MR) is 309 cm³/mol. The average Bonchev–Trinajstić information content (AvgIpc) is 4.18. The summed E-state index contributed by atoms with van der Waals surface area (Å²) < 4.78 is 0. The van der Waals surface area contributed by atoms with Crippen molar-refractivity contribution in [1.29, 1.82) is 0 Å². The van der Waals surface area contributed by atoms with Crippen LogP contribution in [-0.4, -0.2) is 19.9 Å². The Morgan fingerprint density at radius 3 is 0.708 bits per heavy atom. The van der Waals surface area contributed by atoms with Crippen molar-refractivity contribution in [3.63, 3.8) is 0 Å². The molecular weight excluding hydrogens is 873 g/mol. The molecule has 72 heavy (non-hydrogen) atoms. The van der Waals surface area contributed by atoms with Crippen LogP contribution < -0.4 is 0 Å². The molecule has 4 nitrogen and oxygen atoms in total. The maximum atomic E-state index is 6.10. The van der Waals surface area contributed by atoms with Gasteiger partial charge in [0, 0.05) is 66.1 Å². The van der Waals surface area contributed by atoms with Crippen LogP contribution in [0.25, 0.3) is 132 Å². The first-order valence-electron chi connectivity index (χ1n) is 27.1. The average molecular weight is 935 g/mol. The molecule has 0 fully saturated rings. The molecule has 354 valence electrons. The molecule has 8 bridgehead atoms. The van der Waals surface area contributed by atoms with Crippen LogP contribution in [0.3, 0.4) is 0 Å². The van der Waals surface area contributed by atoms with E-state index in [1.165, 1.54) is 131 Å². The molecule has 2 aliphatic heterocycles. The van der Waals surface area contributed by atoms with Gasteiger partial charge in [-0.05, 0) is 143 Å². The SMILES string of the molecule is CCCCc1c2nc(c(CCCC)c3[nH]c(c(CCCC)c4nc(c(CCCC)c5[nH]c1c1cc6ccccc6cc51)-c1cc5ccccc5cc1-4)c1cc4ccccc4cc31)-c1cc3ccccc3cc1-2. The number of fused-ring (bicyclic) bond motifs is 24. The van der Waals surface area contributed by atoms with Crippen LogP contribution in [0.5, 0.6) is 0 Å². The molecule has 4 heteroatoms. The van der Waals surface area contributed by atoms with Crippen LogP contribution in [-0.2, 0) is 25.7 Å². The van der Waals surface area contributed by atoms with E-state index in [2.05, 4.69) is 183 Å². The molecule has 0 amide bonds. The molecule has 0 saturated heterocycles. The molecule has 2 aliphatic rings. The van der Waals surface area contributed by atoms with Crippen LogP contribution in [0, 0.1) is 0 Å². The van der Waals surface area contributed by atoms with Gasteiger partial charge < -0.3 is 9.97 Å². The van der Waals surface area contributed by atoms with Crippen molar-refractivity contribution < 1.29 is 0 Å². The van der Waals surface area contributed by atoms with Gasteiger partial charge >= 0.3 is 0 Å². The van der Waals surface area contributed by atoms with E-state index in [0.29, 0.717) is 0 Å². The van der Waals surface area contributed by atoms with Crippen LogP contribution in [0.1, 0.15) is 101 Å². The van der Waals surface area contributed by atoms with Crippen LogP contribution in [0.2, 0.25) is 0 Å². The molecule has 0 unspecified atom stereocenters. The minimum absolute atomic E-state index is 0.899. The lowest BCUT2D eigenvalue weighted by atomic mass is 9.92. The Morgan fingerprint density at radius 1 is 0.292 bits per heavy atom. The van der Waals surface area contributed by atoms with Gasteiger partial charge in [0.05, 0.1) is 44.8 Å². The molecule has 5 heterocycles. The van der Waals surface area contributed by atoms with Gasteiger partial charge in [0.1, 0.15) is 0 Å². The highest BCUT2D eigenvalue weighted by Gasteiger charge is 2.29. The monoisotopic (exact) mass is 934 g/mol. The maximum Gasteiger partial charge on any atom is 0.0769 e. The van der Waals surface area contributed by atoms with Crippen molar-refractivity contribution in [3.8, 4) is 45.0 Å². The van der Waals surface area contributed by atoms with Crippen molar-refractivity contribution in [2.75, 3.05) is 0 Å². The summed E-state index contributed by atoms with van der Waals surface area (Å²) in [6.07, 6.45) is 12.1. The Labute approximate surface area is 422 Å². The van der Waals surface area contributed by atoms with Gasteiger partial charge in [-0.2, -0.15) is 0 Å². The fourth-order valence-electron chi connectivity index (χ4n) is 12.3. The van der Waals surface area contributed by atoms with Crippen LogP contribution >= 0.6 is 0 Å². The van der Waals surface area contributed by atoms with Gasteiger partial charge in [0.15, 0.2) is 0 Å². The molecule has 2 N–H and O–H groups in total. The largest absolute Gasteiger partial charge is 0.354 e. The van der Waals surface area contributed by atoms with Crippen molar-refractivity contribution >= 4 is 86.7 Å². The zero-order valence-corrected chi connectivity index (χ0v) is 42.2. The Hall–Kier alpha value is -7.56. The molecule has 3 aromatic heterocycles. The zero-order chi connectivity index (χ0) is 48.5. The van der Waals surface area contributed by atoms with E-state index >= 15 is 0 Å². The quantitative estimate of drug-likeness (QED) is 0.128. The highest BCUT2D eigenvalue weighted by atomic mass is 14.8. The molecule has 0 spiro atoms. The Balaban J connectivity index is 1.34. The standard InChI is InChI=1S/C68H62N4/c1-5-9-29-49-61-53-33-41-21-13-15-23-43(41)35-55(53)63(69-61)50(30-10-6-2)65-57-37-45-25-17-19-27-47(45)39-59(57)67(71-65)52(32-12-8-4)68-60-40-48-28-20-18-26-46(48)38-58(60)66(72-68)51(31-11-7-3)64-56-36-44-24-16-14-22-42(44)34-54(56)62(49)70-64/h13-28,33-40,69,72H,5-12,29-32H2,1-4H3. The third-order valence-electron chi connectivity index (χ3n) is 16.1. The molecule has 0 aliphatic carbocycles. The van der Waals surface area contributed by atoms with Gasteiger partial charge in [-0.25, -0.2) is 9.97 Å². The van der Waals surface area contributed by atoms with Crippen molar-refractivity contribution in [1.82, 2.24) is 19.9 Å². The number of unbranched alkanes of at least 4 members (excludes halogenated alkanes) is 4. The van der Waals surface area contributed by atoms with E-state index in [1.807, 2.05) is 0 Å². The third kappa shape index (κ3) is 7.24. The number of hydrogen-bond donors (Lipinski definition) is 2. The molecule has 0 atom stereocenters. The number of aromatic nitrogens is 4. The van der Waals surface area contributed by atoms with E-state index in [4.69, 9.17) is 9.97 Å². The summed E-state index contributed by atoms with van der Waals surface area (Å²) in [7, 11) is 0. The first-order chi connectivity index (χ1) is 35.5. The fourth-order valence-corrected chi connectivity index (χ4v) is 12.3. The second kappa shape index (κ2) is 18.2. The van der Waals surface area contributed by atoms with E-state index in [9.17, 15) is 0 Å². The van der Waals surface area contributed by atoms with Gasteiger partial charge in [0.2, 0.25) is 0 Å². The lowest BCUT2D eigenvalue weighted by molar-refractivity contribution is 0.794. The summed E-state index contributed by atoms with van der Waals surface area (Å²) in [4.78, 5) is 20.9. The minimum atomic E-state index is 0.899. The first kappa shape index (κ1) is 44.4. The third-order valence-corrected chi connectivity index (χ3v) is 16.1. The van der Waals surface area contributed by atoms with Crippen molar-refractivity contribution in [2.45, 2.75) is 105 Å². The Bertz CT molecular complexity index is 3640. The topological polar surface area (TPSA) is 57.4 Å². The smallest absolute Gasteiger partial charge is 0.0769 e. The van der Waals surface area contributed by atoms with Gasteiger partial charge in [-0.15, -0.1) is 0 Å². The Morgan fingerprint density at radius 2 is 0.500 bits per heavy atom. The molecule has 11 aromatic rings. The van der Waals surface area contributed by atoms with Gasteiger partial charge in [-0.1, -0.05) is 150 Å². The second-order valence-corrected chi connectivity index (χ2v) is 20.7. The molecular formula is C68H62N4. The number of hydrogen-bond acceptors (Lipinski definition) is 2. The lowest BCUT2D eigenvalue weighted by Crippen LogP contribution is -1.94. The van der Waals surface area contributed by atoms with Gasteiger partial charge in [-0.3, -0.25) is 0 Å². The Kier molecular flexibility index (Phi) is 11.2. The minimum Gasteiger partial charge on any atom is -0.354 e. The summed E-state index contributed by atoms with van der Waals surface area (Å²) in [6.45, 7) is 9.28. The molecule has 0 saturated carbocycles. The number of H-pyrrole nitrogens is 2. The van der Waals surface area contributed by atoms with E-state index in [0.717, 1.165) is 99.8 Å². The number of benzene rings is 8.